The van der Waals surface area contributed by atoms with E-state index in [1.54, 1.807) is 25.3 Å². The Balaban J connectivity index is 2.10. The Morgan fingerprint density at radius 1 is 1.37 bits per heavy atom. The van der Waals surface area contributed by atoms with Crippen LogP contribution in [0.1, 0.15) is 23.2 Å². The van der Waals surface area contributed by atoms with Gasteiger partial charge in [0.25, 0.3) is 5.91 Å². The van der Waals surface area contributed by atoms with Crippen molar-refractivity contribution in [3.63, 3.8) is 0 Å². The number of halogens is 2. The molecule has 1 atom stereocenters. The summed E-state index contributed by atoms with van der Waals surface area (Å²) in [6, 6.07) is 4.95. The van der Waals surface area contributed by atoms with Crippen molar-refractivity contribution in [2.24, 2.45) is 5.92 Å². The van der Waals surface area contributed by atoms with Gasteiger partial charge in [-0.05, 0) is 37.0 Å². The van der Waals surface area contributed by atoms with Crippen LogP contribution in [-0.4, -0.2) is 37.6 Å². The van der Waals surface area contributed by atoms with E-state index < -0.39 is 0 Å². The number of hydrogen-bond acceptors (Lipinski definition) is 2. The molecular formula is C14H17Cl2NO2. The van der Waals surface area contributed by atoms with Crippen LogP contribution in [0.25, 0.3) is 0 Å². The van der Waals surface area contributed by atoms with Crippen LogP contribution in [-0.2, 0) is 4.74 Å². The van der Waals surface area contributed by atoms with Gasteiger partial charge in [-0.3, -0.25) is 4.79 Å². The van der Waals surface area contributed by atoms with Gasteiger partial charge in [-0.2, -0.15) is 0 Å². The van der Waals surface area contributed by atoms with E-state index in [9.17, 15) is 4.79 Å². The van der Waals surface area contributed by atoms with Gasteiger partial charge < -0.3 is 9.64 Å². The minimum Gasteiger partial charge on any atom is -0.384 e. The Hall–Kier alpha value is -0.770. The lowest BCUT2D eigenvalue weighted by molar-refractivity contribution is 0.0571. The number of hydrogen-bond donors (Lipinski definition) is 0. The summed E-state index contributed by atoms with van der Waals surface area (Å²) in [7, 11) is 1.69. The normalized spacial score (nSPS) is 19.5. The molecule has 0 saturated carbocycles. The molecule has 104 valence electrons. The Morgan fingerprint density at radius 2 is 2.05 bits per heavy atom. The quantitative estimate of drug-likeness (QED) is 0.855. The average Bonchev–Trinajstić information content (AvgIpc) is 2.37. The van der Waals surface area contributed by atoms with Gasteiger partial charge in [0, 0.05) is 35.8 Å². The summed E-state index contributed by atoms with van der Waals surface area (Å²) in [5, 5.41) is 0.975. The van der Waals surface area contributed by atoms with Crippen molar-refractivity contribution in [2.75, 3.05) is 26.8 Å². The monoisotopic (exact) mass is 301 g/mol. The van der Waals surface area contributed by atoms with Crippen LogP contribution >= 0.6 is 23.2 Å². The molecule has 1 aromatic carbocycles. The second-order valence-electron chi connectivity index (χ2n) is 4.87. The zero-order chi connectivity index (χ0) is 13.8. The number of nitrogens with zero attached hydrogens (tertiary/aromatic N) is 1. The van der Waals surface area contributed by atoms with E-state index in [4.69, 9.17) is 27.9 Å². The van der Waals surface area contributed by atoms with Gasteiger partial charge in [0.15, 0.2) is 0 Å². The molecule has 1 saturated heterocycles. The van der Waals surface area contributed by atoms with Crippen LogP contribution in [0.2, 0.25) is 10.0 Å². The second kappa shape index (κ2) is 6.60. The molecule has 1 aliphatic heterocycles. The number of carbonyl (C=O) groups excluding carboxylic acids is 1. The molecule has 0 aromatic heterocycles. The zero-order valence-corrected chi connectivity index (χ0v) is 12.4. The highest BCUT2D eigenvalue weighted by atomic mass is 35.5. The van der Waals surface area contributed by atoms with Gasteiger partial charge in [0.1, 0.15) is 0 Å². The predicted molar refractivity (Wildman–Crippen MR) is 77.0 cm³/mol. The first-order valence-electron chi connectivity index (χ1n) is 6.34. The number of carbonyl (C=O) groups is 1. The smallest absolute Gasteiger partial charge is 0.253 e. The highest BCUT2D eigenvalue weighted by Gasteiger charge is 2.24. The minimum absolute atomic E-state index is 0.00907. The second-order valence-corrected chi connectivity index (χ2v) is 5.75. The molecule has 0 bridgehead atoms. The van der Waals surface area contributed by atoms with Gasteiger partial charge in [-0.25, -0.2) is 0 Å². The molecule has 1 aliphatic rings. The topological polar surface area (TPSA) is 29.5 Å². The summed E-state index contributed by atoms with van der Waals surface area (Å²) in [6.07, 6.45) is 2.11. The van der Waals surface area contributed by atoms with Crippen LogP contribution in [0, 0.1) is 5.92 Å². The van der Waals surface area contributed by atoms with Crippen LogP contribution < -0.4 is 0 Å². The molecule has 3 nitrogen and oxygen atoms in total. The van der Waals surface area contributed by atoms with Crippen LogP contribution in [0.15, 0.2) is 18.2 Å². The van der Waals surface area contributed by atoms with Crippen molar-refractivity contribution in [1.82, 2.24) is 4.90 Å². The van der Waals surface area contributed by atoms with Crippen LogP contribution in [0.4, 0.5) is 0 Å². The largest absolute Gasteiger partial charge is 0.384 e. The molecular weight excluding hydrogens is 285 g/mol. The lowest BCUT2D eigenvalue weighted by Gasteiger charge is -2.32. The third kappa shape index (κ3) is 3.85. The summed E-state index contributed by atoms with van der Waals surface area (Å²) in [5.74, 6) is 0.405. The third-order valence-corrected chi connectivity index (χ3v) is 3.75. The molecule has 2 rings (SSSR count). The number of rotatable bonds is 3. The Morgan fingerprint density at radius 3 is 2.68 bits per heavy atom. The first-order chi connectivity index (χ1) is 9.10. The number of ether oxygens (including phenoxy) is 1. The summed E-state index contributed by atoms with van der Waals surface area (Å²) < 4.78 is 5.17. The highest BCUT2D eigenvalue weighted by Crippen LogP contribution is 2.23. The molecule has 0 spiro atoms. The summed E-state index contributed by atoms with van der Waals surface area (Å²) in [4.78, 5) is 14.3. The van der Waals surface area contributed by atoms with Gasteiger partial charge in [0.05, 0.1) is 6.61 Å². The molecule has 5 heteroatoms. The lowest BCUT2D eigenvalue weighted by atomic mass is 9.98. The van der Waals surface area contributed by atoms with E-state index in [2.05, 4.69) is 0 Å². The Labute approximate surface area is 123 Å². The van der Waals surface area contributed by atoms with E-state index in [0.717, 1.165) is 25.9 Å². The van der Waals surface area contributed by atoms with Gasteiger partial charge in [-0.15, -0.1) is 0 Å². The summed E-state index contributed by atoms with van der Waals surface area (Å²) in [6.45, 7) is 2.21. The molecule has 19 heavy (non-hydrogen) atoms. The Bertz CT molecular complexity index is 443. The van der Waals surface area contributed by atoms with E-state index in [1.165, 1.54) is 0 Å². The van der Waals surface area contributed by atoms with Crippen molar-refractivity contribution in [1.29, 1.82) is 0 Å². The summed E-state index contributed by atoms with van der Waals surface area (Å²) >= 11 is 11.9. The Kier molecular flexibility index (Phi) is 5.08. The predicted octanol–water partition coefficient (Wildman–Crippen LogP) is 3.49. The van der Waals surface area contributed by atoms with Gasteiger partial charge in [0.2, 0.25) is 0 Å². The maximum absolute atomic E-state index is 12.4. The van der Waals surface area contributed by atoms with Gasteiger partial charge >= 0.3 is 0 Å². The van der Waals surface area contributed by atoms with Gasteiger partial charge in [-0.1, -0.05) is 23.2 Å². The van der Waals surface area contributed by atoms with E-state index in [0.29, 0.717) is 28.1 Å². The lowest BCUT2D eigenvalue weighted by Crippen LogP contribution is -2.41. The van der Waals surface area contributed by atoms with Crippen molar-refractivity contribution in [2.45, 2.75) is 12.8 Å². The third-order valence-electron chi connectivity index (χ3n) is 3.32. The zero-order valence-electron chi connectivity index (χ0n) is 10.9. The molecule has 1 aromatic rings. The fourth-order valence-corrected chi connectivity index (χ4v) is 3.01. The van der Waals surface area contributed by atoms with Crippen molar-refractivity contribution in [3.05, 3.63) is 33.8 Å². The first-order valence-corrected chi connectivity index (χ1v) is 7.10. The van der Waals surface area contributed by atoms with Crippen molar-refractivity contribution < 1.29 is 9.53 Å². The fourth-order valence-electron chi connectivity index (χ4n) is 2.48. The molecule has 1 amide bonds. The molecule has 0 aliphatic carbocycles. The van der Waals surface area contributed by atoms with E-state index >= 15 is 0 Å². The number of likely N-dealkylation sites (tertiary alicyclic amines) is 1. The van der Waals surface area contributed by atoms with E-state index in [1.807, 2.05) is 4.90 Å². The standard InChI is InChI=1S/C14H17Cl2NO2/c1-19-9-10-3-2-4-17(8-10)14(18)11-5-12(15)7-13(16)6-11/h5-7,10H,2-4,8-9H2,1H3. The molecule has 0 radical (unpaired) electrons. The number of piperidine rings is 1. The SMILES string of the molecule is COCC1CCCN(C(=O)c2cc(Cl)cc(Cl)c2)C1. The molecule has 1 heterocycles. The number of amides is 1. The highest BCUT2D eigenvalue weighted by molar-refractivity contribution is 6.35. The molecule has 1 unspecified atom stereocenters. The average molecular weight is 302 g/mol. The maximum Gasteiger partial charge on any atom is 0.253 e. The molecule has 1 fully saturated rings. The van der Waals surface area contributed by atoms with Crippen LogP contribution in [0.3, 0.4) is 0 Å². The molecule has 0 N–H and O–H groups in total. The van der Waals surface area contributed by atoms with Crippen molar-refractivity contribution in [3.8, 4) is 0 Å². The van der Waals surface area contributed by atoms with E-state index in [-0.39, 0.29) is 5.91 Å². The minimum atomic E-state index is -0.00907. The van der Waals surface area contributed by atoms with Crippen LogP contribution in [0.5, 0.6) is 0 Å². The number of methoxy groups -OCH3 is 1. The fraction of sp³-hybridized carbons (Fsp3) is 0.500. The summed E-state index contributed by atoms with van der Waals surface area (Å²) in [5.41, 5.74) is 0.551. The first kappa shape index (κ1) is 14.6. The van der Waals surface area contributed by atoms with Crippen molar-refractivity contribution >= 4 is 29.1 Å². The number of benzene rings is 1. The maximum atomic E-state index is 12.4.